The Bertz CT molecular complexity index is 2110. The molecule has 5 atom stereocenters. The average molecular weight is 1400 g/mol. The minimum atomic E-state index is -4.98. The summed E-state index contributed by atoms with van der Waals surface area (Å²) in [5.41, 5.74) is 0. The number of hydrogen-bond acceptors (Lipinski definition) is 15. The number of carbonyl (C=O) groups is 4. The Morgan fingerprint density at radius 3 is 0.875 bits per heavy atom. The van der Waals surface area contributed by atoms with Crippen molar-refractivity contribution in [3.8, 4) is 0 Å². The first-order valence-corrected chi connectivity index (χ1v) is 41.2. The number of rotatable bonds is 72. The SMILES string of the molecule is CC/C=C\C/C=C\C/C=C\C/C=C\CCCCCCC(=O)OCC(COP(=O)(O)OCC(O)COP(=O)(O)OCC(COC(=O)CCCCCCCCCCCCCCCCC)OC(=O)CCCCCCCCCCCCC)OC(=O)CCCCCCC/C=C\C/C=C\CCC. The zero-order valence-electron chi connectivity index (χ0n) is 60.8. The molecule has 0 aromatic rings. The van der Waals surface area contributed by atoms with Crippen molar-refractivity contribution in [2.75, 3.05) is 39.6 Å². The van der Waals surface area contributed by atoms with E-state index in [2.05, 4.69) is 101 Å². The molecular formula is C77H138O17P2. The van der Waals surface area contributed by atoms with Gasteiger partial charge in [-0.3, -0.25) is 37.3 Å². The zero-order valence-corrected chi connectivity index (χ0v) is 62.6. The third-order valence-electron chi connectivity index (χ3n) is 16.2. The second kappa shape index (κ2) is 70.0. The van der Waals surface area contributed by atoms with Crippen LogP contribution in [0.2, 0.25) is 0 Å². The van der Waals surface area contributed by atoms with Gasteiger partial charge in [0.15, 0.2) is 12.2 Å². The Labute approximate surface area is 583 Å². The molecule has 0 bridgehead atoms. The minimum Gasteiger partial charge on any atom is -0.462 e. The van der Waals surface area contributed by atoms with Gasteiger partial charge < -0.3 is 33.8 Å². The van der Waals surface area contributed by atoms with Crippen molar-refractivity contribution in [1.29, 1.82) is 0 Å². The topological polar surface area (TPSA) is 237 Å². The monoisotopic (exact) mass is 1400 g/mol. The Balaban J connectivity index is 5.31. The molecule has 0 spiro atoms. The third-order valence-corrected chi connectivity index (χ3v) is 18.1. The molecule has 17 nitrogen and oxygen atoms in total. The zero-order chi connectivity index (χ0) is 70.4. The molecule has 0 aliphatic rings. The van der Waals surface area contributed by atoms with E-state index in [1.807, 2.05) is 0 Å². The molecule has 5 unspecified atom stereocenters. The van der Waals surface area contributed by atoms with Crippen molar-refractivity contribution in [2.45, 2.75) is 354 Å². The van der Waals surface area contributed by atoms with Gasteiger partial charge in [0.2, 0.25) is 0 Å². The first kappa shape index (κ1) is 92.5. The molecule has 558 valence electrons. The number of aliphatic hydroxyl groups is 1. The molecule has 19 heteroatoms. The highest BCUT2D eigenvalue weighted by Crippen LogP contribution is 2.45. The molecule has 0 aliphatic heterocycles. The third kappa shape index (κ3) is 69.0. The number of phosphoric acid groups is 2. The number of allylic oxidation sites excluding steroid dienone is 12. The van der Waals surface area contributed by atoms with Crippen molar-refractivity contribution >= 4 is 39.5 Å². The highest BCUT2D eigenvalue weighted by atomic mass is 31.2. The summed E-state index contributed by atoms with van der Waals surface area (Å²) >= 11 is 0. The summed E-state index contributed by atoms with van der Waals surface area (Å²) in [4.78, 5) is 72.8. The fourth-order valence-electron chi connectivity index (χ4n) is 10.4. The van der Waals surface area contributed by atoms with Crippen LogP contribution in [0.1, 0.15) is 336 Å². The molecule has 0 heterocycles. The van der Waals surface area contributed by atoms with Crippen molar-refractivity contribution < 1.29 is 80.2 Å². The van der Waals surface area contributed by atoms with Gasteiger partial charge in [0, 0.05) is 25.7 Å². The Kier molecular flexibility index (Phi) is 67.4. The van der Waals surface area contributed by atoms with Gasteiger partial charge in [0.05, 0.1) is 26.4 Å². The number of ether oxygens (including phenoxy) is 4. The Hall–Kier alpha value is -3.50. The number of aliphatic hydroxyl groups excluding tert-OH is 1. The molecule has 0 radical (unpaired) electrons. The molecule has 3 N–H and O–H groups in total. The van der Waals surface area contributed by atoms with Crippen LogP contribution >= 0.6 is 15.6 Å². The summed E-state index contributed by atoms with van der Waals surface area (Å²) in [5.74, 6) is -2.19. The molecule has 0 aromatic heterocycles. The van der Waals surface area contributed by atoms with Gasteiger partial charge in [0.25, 0.3) is 0 Å². The van der Waals surface area contributed by atoms with E-state index in [0.29, 0.717) is 25.7 Å². The van der Waals surface area contributed by atoms with Crippen LogP contribution in [0.5, 0.6) is 0 Å². The van der Waals surface area contributed by atoms with Gasteiger partial charge in [-0.25, -0.2) is 9.13 Å². The van der Waals surface area contributed by atoms with E-state index in [-0.39, 0.29) is 25.7 Å². The molecule has 0 aromatic carbocycles. The van der Waals surface area contributed by atoms with Crippen molar-refractivity contribution in [3.05, 3.63) is 72.9 Å². The molecule has 0 aliphatic carbocycles. The highest BCUT2D eigenvalue weighted by Gasteiger charge is 2.30. The van der Waals surface area contributed by atoms with Gasteiger partial charge in [-0.1, -0.05) is 293 Å². The smallest absolute Gasteiger partial charge is 0.462 e. The first-order chi connectivity index (χ1) is 46.7. The van der Waals surface area contributed by atoms with Crippen LogP contribution < -0.4 is 0 Å². The second-order valence-corrected chi connectivity index (χ2v) is 28.5. The van der Waals surface area contributed by atoms with Crippen molar-refractivity contribution in [1.82, 2.24) is 0 Å². The number of esters is 4. The van der Waals surface area contributed by atoms with Crippen molar-refractivity contribution in [3.63, 3.8) is 0 Å². The fourth-order valence-corrected chi connectivity index (χ4v) is 11.9. The van der Waals surface area contributed by atoms with E-state index in [4.69, 9.17) is 37.0 Å². The molecule has 0 saturated heterocycles. The van der Waals surface area contributed by atoms with Gasteiger partial charge >= 0.3 is 39.5 Å². The van der Waals surface area contributed by atoms with Crippen LogP contribution in [0.15, 0.2) is 72.9 Å². The van der Waals surface area contributed by atoms with Gasteiger partial charge in [-0.2, -0.15) is 0 Å². The lowest BCUT2D eigenvalue weighted by Gasteiger charge is -2.21. The van der Waals surface area contributed by atoms with Crippen LogP contribution in [0.4, 0.5) is 0 Å². The van der Waals surface area contributed by atoms with E-state index < -0.39 is 97.5 Å². The summed E-state index contributed by atoms with van der Waals surface area (Å²) < 4.78 is 68.4. The normalized spacial score (nSPS) is 14.4. The number of unbranched alkanes of at least 4 members (excludes halogenated alkanes) is 34. The maximum absolute atomic E-state index is 13.1. The predicted octanol–water partition coefficient (Wildman–Crippen LogP) is 21.7. The van der Waals surface area contributed by atoms with E-state index in [1.165, 1.54) is 109 Å². The molecular weight excluding hydrogens is 1260 g/mol. The minimum absolute atomic E-state index is 0.0750. The van der Waals surface area contributed by atoms with Gasteiger partial charge in [-0.15, -0.1) is 0 Å². The van der Waals surface area contributed by atoms with E-state index in [9.17, 15) is 43.2 Å². The van der Waals surface area contributed by atoms with E-state index in [0.717, 1.165) is 148 Å². The lowest BCUT2D eigenvalue weighted by molar-refractivity contribution is -0.161. The predicted molar refractivity (Wildman–Crippen MR) is 390 cm³/mol. The van der Waals surface area contributed by atoms with Crippen LogP contribution in [-0.4, -0.2) is 96.7 Å². The summed E-state index contributed by atoms with van der Waals surface area (Å²) in [6.45, 7) is 4.69. The number of carbonyl (C=O) groups excluding carboxylic acids is 4. The van der Waals surface area contributed by atoms with Crippen LogP contribution in [0.25, 0.3) is 0 Å². The molecule has 96 heavy (non-hydrogen) atoms. The lowest BCUT2D eigenvalue weighted by Crippen LogP contribution is -2.30. The maximum atomic E-state index is 13.1. The summed E-state index contributed by atoms with van der Waals surface area (Å²) in [7, 11) is -9.94. The first-order valence-electron chi connectivity index (χ1n) is 38.2. The summed E-state index contributed by atoms with van der Waals surface area (Å²) in [6, 6.07) is 0. The van der Waals surface area contributed by atoms with Crippen LogP contribution in [-0.2, 0) is 65.4 Å². The average Bonchev–Trinajstić information content (AvgIpc) is 1.17. The van der Waals surface area contributed by atoms with E-state index in [1.54, 1.807) is 0 Å². The molecule has 0 fully saturated rings. The molecule has 0 amide bonds. The standard InChI is InChI=1S/C77H138O17P2/c1-5-9-13-17-21-25-29-32-34-35-37-40-43-46-50-54-58-62-75(80)88-68-73(94-77(82)64-60-56-52-48-44-38-31-27-23-19-15-11-7-3)70-92-96(85,86)90-66-71(78)65-89-95(83,84)91-69-72(93-76(81)63-59-55-51-47-41-28-24-20-16-12-8-4)67-87-74(79)61-57-53-49-45-42-39-36-33-30-26-22-18-14-10-6-2/h9,13,15,19,21,25,27,31-32,34,37,40,71-73,78H,5-8,10-12,14,16-18,20,22-24,26,28-30,33,35-36,38-39,41-70H2,1-4H3,(H,83,84)(H,85,86)/b13-9-,19-15-,25-21-,31-27-,34-32-,40-37-. The molecule has 0 rings (SSSR count). The van der Waals surface area contributed by atoms with E-state index >= 15 is 0 Å². The Morgan fingerprint density at radius 1 is 0.302 bits per heavy atom. The molecule has 0 saturated carbocycles. The number of hydrogen-bond donors (Lipinski definition) is 3. The fraction of sp³-hybridized carbons (Fsp3) is 0.792. The van der Waals surface area contributed by atoms with Gasteiger partial charge in [0.1, 0.15) is 19.3 Å². The van der Waals surface area contributed by atoms with Crippen LogP contribution in [0, 0.1) is 0 Å². The van der Waals surface area contributed by atoms with Gasteiger partial charge in [-0.05, 0) is 89.9 Å². The summed E-state index contributed by atoms with van der Waals surface area (Å²) in [6.07, 6.45) is 68.9. The lowest BCUT2D eigenvalue weighted by atomic mass is 10.0. The maximum Gasteiger partial charge on any atom is 0.472 e. The van der Waals surface area contributed by atoms with Crippen molar-refractivity contribution in [2.24, 2.45) is 0 Å². The largest absolute Gasteiger partial charge is 0.472 e. The summed E-state index contributed by atoms with van der Waals surface area (Å²) in [5, 5.41) is 10.6. The highest BCUT2D eigenvalue weighted by molar-refractivity contribution is 7.47. The second-order valence-electron chi connectivity index (χ2n) is 25.6. The number of phosphoric ester groups is 2. The quantitative estimate of drug-likeness (QED) is 0.0169. The Morgan fingerprint density at radius 2 is 0.562 bits per heavy atom. The van der Waals surface area contributed by atoms with Crippen LogP contribution in [0.3, 0.4) is 0 Å².